The quantitative estimate of drug-likeness (QED) is 0.751. The molecule has 0 saturated carbocycles. The third-order valence-corrected chi connectivity index (χ3v) is 3.51. The molecule has 0 amide bonds. The molecule has 0 spiro atoms. The molecule has 1 unspecified atom stereocenters. The number of benzene rings is 1. The minimum absolute atomic E-state index is 0.227. The molecule has 0 aliphatic carbocycles. The number of methoxy groups -OCH3 is 1. The van der Waals surface area contributed by atoms with Crippen molar-refractivity contribution in [2.45, 2.75) is 19.1 Å². The molecule has 1 fully saturated rings. The summed E-state index contributed by atoms with van der Waals surface area (Å²) in [6.07, 6.45) is 1.21. The summed E-state index contributed by atoms with van der Waals surface area (Å²) in [5.74, 6) is -0.240. The third kappa shape index (κ3) is 4.42. The van der Waals surface area contributed by atoms with Gasteiger partial charge >= 0.3 is 0 Å². The van der Waals surface area contributed by atoms with Gasteiger partial charge in [0.05, 0.1) is 19.3 Å². The molecule has 0 aromatic heterocycles. The van der Waals surface area contributed by atoms with Gasteiger partial charge in [0.25, 0.3) is 0 Å². The Kier molecular flexibility index (Phi) is 5.58. The van der Waals surface area contributed by atoms with E-state index in [-0.39, 0.29) is 11.9 Å². The van der Waals surface area contributed by atoms with E-state index in [1.165, 1.54) is 6.07 Å². The molecule has 0 bridgehead atoms. The van der Waals surface area contributed by atoms with Crippen LogP contribution >= 0.6 is 11.6 Å². The average molecular weight is 288 g/mol. The van der Waals surface area contributed by atoms with Crippen molar-refractivity contribution in [3.63, 3.8) is 0 Å². The summed E-state index contributed by atoms with van der Waals surface area (Å²) in [6, 6.07) is 4.83. The minimum Gasteiger partial charge on any atom is -0.382 e. The molecule has 1 aliphatic heterocycles. The van der Waals surface area contributed by atoms with Gasteiger partial charge in [-0.15, -0.1) is 0 Å². The van der Waals surface area contributed by atoms with Crippen LogP contribution in [-0.4, -0.2) is 44.4 Å². The molecule has 1 atom stereocenters. The predicted octanol–water partition coefficient (Wildman–Crippen LogP) is 2.72. The van der Waals surface area contributed by atoms with E-state index in [1.807, 2.05) is 0 Å². The Morgan fingerprint density at radius 1 is 1.42 bits per heavy atom. The van der Waals surface area contributed by atoms with Gasteiger partial charge in [-0.3, -0.25) is 4.90 Å². The molecule has 1 aliphatic rings. The van der Waals surface area contributed by atoms with Crippen LogP contribution in [0.1, 0.15) is 12.0 Å². The van der Waals surface area contributed by atoms with E-state index >= 15 is 0 Å². The highest BCUT2D eigenvalue weighted by Gasteiger charge is 2.23. The van der Waals surface area contributed by atoms with Crippen LogP contribution in [0.25, 0.3) is 0 Å². The lowest BCUT2D eigenvalue weighted by molar-refractivity contribution is 0.0218. The normalized spacial score (nSPS) is 20.1. The van der Waals surface area contributed by atoms with Gasteiger partial charge in [-0.1, -0.05) is 17.7 Å². The molecular formula is C14H19ClFNO2. The van der Waals surface area contributed by atoms with Crippen molar-refractivity contribution in [1.82, 2.24) is 4.90 Å². The molecule has 2 rings (SSSR count). The Morgan fingerprint density at radius 2 is 2.26 bits per heavy atom. The molecule has 5 heteroatoms. The zero-order chi connectivity index (χ0) is 13.7. The van der Waals surface area contributed by atoms with E-state index in [9.17, 15) is 4.39 Å². The first kappa shape index (κ1) is 14.7. The summed E-state index contributed by atoms with van der Waals surface area (Å²) in [4.78, 5) is 2.20. The predicted molar refractivity (Wildman–Crippen MR) is 72.9 cm³/mol. The van der Waals surface area contributed by atoms with Gasteiger partial charge in [-0.25, -0.2) is 4.39 Å². The SMILES string of the molecule is COCCOC1CCN(Cc2ccc(Cl)cc2F)C1. The number of ether oxygens (including phenoxy) is 2. The second kappa shape index (κ2) is 7.20. The Bertz CT molecular complexity index is 416. The smallest absolute Gasteiger partial charge is 0.129 e. The van der Waals surface area contributed by atoms with Crippen molar-refractivity contribution in [3.05, 3.63) is 34.6 Å². The van der Waals surface area contributed by atoms with E-state index in [4.69, 9.17) is 21.1 Å². The zero-order valence-corrected chi connectivity index (χ0v) is 11.8. The molecule has 0 N–H and O–H groups in total. The summed E-state index contributed by atoms with van der Waals surface area (Å²) < 4.78 is 24.3. The van der Waals surface area contributed by atoms with Crippen LogP contribution in [0, 0.1) is 5.82 Å². The number of halogens is 2. The average Bonchev–Trinajstić information content (AvgIpc) is 2.81. The van der Waals surface area contributed by atoms with Crippen LogP contribution in [0.5, 0.6) is 0 Å². The fourth-order valence-corrected chi connectivity index (χ4v) is 2.42. The van der Waals surface area contributed by atoms with Gasteiger partial charge in [-0.05, 0) is 18.6 Å². The standard InChI is InChI=1S/C14H19ClFNO2/c1-18-6-7-19-13-4-5-17(10-13)9-11-2-3-12(15)8-14(11)16/h2-3,8,13H,4-7,9-10H2,1H3. The summed E-state index contributed by atoms with van der Waals surface area (Å²) in [5.41, 5.74) is 0.682. The van der Waals surface area contributed by atoms with Gasteiger partial charge in [0.1, 0.15) is 5.82 Å². The zero-order valence-electron chi connectivity index (χ0n) is 11.1. The Hall–Kier alpha value is -0.680. The molecule has 0 radical (unpaired) electrons. The molecule has 1 saturated heterocycles. The third-order valence-electron chi connectivity index (χ3n) is 3.28. The van der Waals surface area contributed by atoms with Gasteiger partial charge in [0.15, 0.2) is 0 Å². The first-order valence-electron chi connectivity index (χ1n) is 6.46. The maximum Gasteiger partial charge on any atom is 0.129 e. The second-order valence-corrected chi connectivity index (χ2v) is 5.18. The van der Waals surface area contributed by atoms with Crippen LogP contribution in [0.2, 0.25) is 5.02 Å². The highest BCUT2D eigenvalue weighted by Crippen LogP contribution is 2.20. The summed E-state index contributed by atoms with van der Waals surface area (Å²) in [5, 5.41) is 0.434. The minimum atomic E-state index is -0.240. The first-order valence-corrected chi connectivity index (χ1v) is 6.83. The lowest BCUT2D eigenvalue weighted by Crippen LogP contribution is -2.24. The Morgan fingerprint density at radius 3 is 3.00 bits per heavy atom. The van der Waals surface area contributed by atoms with Crippen molar-refractivity contribution in [3.8, 4) is 0 Å². The highest BCUT2D eigenvalue weighted by atomic mass is 35.5. The van der Waals surface area contributed by atoms with Crippen LogP contribution in [0.15, 0.2) is 18.2 Å². The van der Waals surface area contributed by atoms with Crippen molar-refractivity contribution < 1.29 is 13.9 Å². The molecule has 1 aromatic carbocycles. The lowest BCUT2D eigenvalue weighted by Gasteiger charge is -2.16. The summed E-state index contributed by atoms with van der Waals surface area (Å²) in [7, 11) is 1.66. The number of hydrogen-bond acceptors (Lipinski definition) is 3. The summed E-state index contributed by atoms with van der Waals surface area (Å²) in [6.45, 7) is 3.60. The largest absolute Gasteiger partial charge is 0.382 e. The first-order chi connectivity index (χ1) is 9.19. The number of hydrogen-bond donors (Lipinski definition) is 0. The number of likely N-dealkylation sites (tertiary alicyclic amines) is 1. The molecule has 1 aromatic rings. The van der Waals surface area contributed by atoms with Crippen LogP contribution in [-0.2, 0) is 16.0 Å². The van der Waals surface area contributed by atoms with Crippen LogP contribution < -0.4 is 0 Å². The van der Waals surface area contributed by atoms with E-state index in [0.29, 0.717) is 30.3 Å². The van der Waals surface area contributed by atoms with Crippen molar-refractivity contribution >= 4 is 11.6 Å². The van der Waals surface area contributed by atoms with Gasteiger partial charge in [-0.2, -0.15) is 0 Å². The molecule has 1 heterocycles. The number of rotatable bonds is 6. The Balaban J connectivity index is 1.81. The van der Waals surface area contributed by atoms with Crippen LogP contribution in [0.4, 0.5) is 4.39 Å². The fourth-order valence-electron chi connectivity index (χ4n) is 2.27. The van der Waals surface area contributed by atoms with Crippen molar-refractivity contribution in [2.24, 2.45) is 0 Å². The van der Waals surface area contributed by atoms with Crippen molar-refractivity contribution in [2.75, 3.05) is 33.4 Å². The van der Waals surface area contributed by atoms with Gasteiger partial charge in [0.2, 0.25) is 0 Å². The second-order valence-electron chi connectivity index (χ2n) is 4.75. The highest BCUT2D eigenvalue weighted by molar-refractivity contribution is 6.30. The summed E-state index contributed by atoms with van der Waals surface area (Å²) >= 11 is 5.74. The maximum absolute atomic E-state index is 13.7. The monoisotopic (exact) mass is 287 g/mol. The number of nitrogens with zero attached hydrogens (tertiary/aromatic N) is 1. The fraction of sp³-hybridized carbons (Fsp3) is 0.571. The molecule has 19 heavy (non-hydrogen) atoms. The van der Waals surface area contributed by atoms with Gasteiger partial charge < -0.3 is 9.47 Å². The topological polar surface area (TPSA) is 21.7 Å². The lowest BCUT2D eigenvalue weighted by atomic mass is 10.2. The van der Waals surface area contributed by atoms with Gasteiger partial charge in [0, 0.05) is 37.3 Å². The van der Waals surface area contributed by atoms with E-state index in [0.717, 1.165) is 19.5 Å². The molecule has 3 nitrogen and oxygen atoms in total. The van der Waals surface area contributed by atoms with E-state index in [2.05, 4.69) is 4.90 Å². The van der Waals surface area contributed by atoms with E-state index in [1.54, 1.807) is 19.2 Å². The molecule has 106 valence electrons. The molecular weight excluding hydrogens is 269 g/mol. The van der Waals surface area contributed by atoms with Crippen LogP contribution in [0.3, 0.4) is 0 Å². The van der Waals surface area contributed by atoms with Crippen molar-refractivity contribution in [1.29, 1.82) is 0 Å². The van der Waals surface area contributed by atoms with E-state index < -0.39 is 0 Å². The maximum atomic E-state index is 13.7. The Labute approximate surface area is 118 Å².